The third-order valence-electron chi connectivity index (χ3n) is 4.56. The van der Waals surface area contributed by atoms with Gasteiger partial charge in [-0.2, -0.15) is 0 Å². The van der Waals surface area contributed by atoms with Crippen LogP contribution in [0.25, 0.3) is 0 Å². The number of rotatable bonds is 4. The number of anilines is 1. The lowest BCUT2D eigenvalue weighted by atomic mass is 9.86. The van der Waals surface area contributed by atoms with Gasteiger partial charge in [0.25, 0.3) is 0 Å². The van der Waals surface area contributed by atoms with Gasteiger partial charge in [0.05, 0.1) is 5.69 Å². The molecule has 2 aliphatic rings. The van der Waals surface area contributed by atoms with Crippen molar-refractivity contribution in [3.63, 3.8) is 0 Å². The molecule has 0 amide bonds. The molecule has 0 aromatic carbocycles. The second-order valence-electron chi connectivity index (χ2n) is 6.33. The molecule has 0 spiro atoms. The van der Waals surface area contributed by atoms with Crippen molar-refractivity contribution in [1.82, 2.24) is 4.98 Å². The number of nitrogens with zero attached hydrogens (tertiary/aromatic N) is 2. The number of carboxylic acids is 1. The van der Waals surface area contributed by atoms with Crippen molar-refractivity contribution in [3.05, 3.63) is 10.6 Å². The fourth-order valence-electron chi connectivity index (χ4n) is 3.17. The van der Waals surface area contributed by atoms with Gasteiger partial charge in [0.1, 0.15) is 4.88 Å². The lowest BCUT2D eigenvalue weighted by Gasteiger charge is -2.33. The summed E-state index contributed by atoms with van der Waals surface area (Å²) in [5, 5.41) is 10.2. The van der Waals surface area contributed by atoms with E-state index in [1.807, 2.05) is 0 Å². The zero-order valence-corrected chi connectivity index (χ0v) is 12.9. The topological polar surface area (TPSA) is 53.4 Å². The van der Waals surface area contributed by atoms with Gasteiger partial charge in [0.2, 0.25) is 0 Å². The standard InChI is InChI=1S/C15H22N2O2S/c1-9-4-3-5-11(8-9)17(2)15-16-12(10-6-7-10)13(20-15)14(18)19/h9-11H,3-8H2,1-2H3,(H,18,19). The van der Waals surface area contributed by atoms with E-state index in [1.165, 1.54) is 37.0 Å². The lowest BCUT2D eigenvalue weighted by Crippen LogP contribution is -2.35. The summed E-state index contributed by atoms with van der Waals surface area (Å²) in [6, 6.07) is 0.513. The van der Waals surface area contributed by atoms with E-state index in [-0.39, 0.29) is 0 Å². The molecule has 2 atom stereocenters. The molecule has 2 saturated carbocycles. The normalized spacial score (nSPS) is 26.5. The molecular weight excluding hydrogens is 272 g/mol. The number of thiazole rings is 1. The van der Waals surface area contributed by atoms with E-state index >= 15 is 0 Å². The molecule has 2 aliphatic carbocycles. The number of hydrogen-bond donors (Lipinski definition) is 1. The Morgan fingerprint density at radius 1 is 1.35 bits per heavy atom. The van der Waals surface area contributed by atoms with Crippen molar-refractivity contribution >= 4 is 22.4 Å². The molecule has 0 bridgehead atoms. The highest BCUT2D eigenvalue weighted by atomic mass is 32.1. The first kappa shape index (κ1) is 13.9. The first-order valence-electron chi connectivity index (χ1n) is 7.53. The SMILES string of the molecule is CC1CCCC(N(C)c2nc(C3CC3)c(C(=O)O)s2)C1. The van der Waals surface area contributed by atoms with E-state index in [0.29, 0.717) is 16.8 Å². The Morgan fingerprint density at radius 2 is 2.10 bits per heavy atom. The van der Waals surface area contributed by atoms with Gasteiger partial charge in [0.15, 0.2) is 5.13 Å². The molecule has 0 aliphatic heterocycles. The highest BCUT2D eigenvalue weighted by molar-refractivity contribution is 7.17. The van der Waals surface area contributed by atoms with E-state index in [1.54, 1.807) is 0 Å². The highest BCUT2D eigenvalue weighted by Gasteiger charge is 2.33. The third-order valence-corrected chi connectivity index (χ3v) is 5.71. The van der Waals surface area contributed by atoms with Crippen LogP contribution in [0.2, 0.25) is 0 Å². The Labute approximate surface area is 123 Å². The minimum Gasteiger partial charge on any atom is -0.477 e. The van der Waals surface area contributed by atoms with Gasteiger partial charge in [-0.25, -0.2) is 9.78 Å². The van der Waals surface area contributed by atoms with Gasteiger partial charge >= 0.3 is 5.97 Å². The van der Waals surface area contributed by atoms with Crippen LogP contribution in [0.4, 0.5) is 5.13 Å². The Balaban J connectivity index is 1.82. The van der Waals surface area contributed by atoms with Gasteiger partial charge in [-0.3, -0.25) is 0 Å². The van der Waals surface area contributed by atoms with E-state index in [0.717, 1.165) is 29.6 Å². The first-order valence-corrected chi connectivity index (χ1v) is 8.34. The van der Waals surface area contributed by atoms with Crippen molar-refractivity contribution in [3.8, 4) is 0 Å². The molecule has 20 heavy (non-hydrogen) atoms. The molecular formula is C15H22N2O2S. The molecule has 110 valence electrons. The van der Waals surface area contributed by atoms with Gasteiger partial charge in [0, 0.05) is 19.0 Å². The van der Waals surface area contributed by atoms with Crippen molar-refractivity contribution in [2.24, 2.45) is 5.92 Å². The highest BCUT2D eigenvalue weighted by Crippen LogP contribution is 2.44. The Morgan fingerprint density at radius 3 is 2.70 bits per heavy atom. The smallest absolute Gasteiger partial charge is 0.347 e. The van der Waals surface area contributed by atoms with E-state index in [9.17, 15) is 9.90 Å². The summed E-state index contributed by atoms with van der Waals surface area (Å²) >= 11 is 1.35. The predicted molar refractivity (Wildman–Crippen MR) is 80.9 cm³/mol. The second kappa shape index (κ2) is 5.35. The van der Waals surface area contributed by atoms with E-state index in [2.05, 4.69) is 23.9 Å². The lowest BCUT2D eigenvalue weighted by molar-refractivity contribution is 0.0700. The minimum atomic E-state index is -0.818. The number of carboxylic acid groups (broad SMARTS) is 1. The molecule has 3 rings (SSSR count). The van der Waals surface area contributed by atoms with Crippen LogP contribution in [0.5, 0.6) is 0 Å². The monoisotopic (exact) mass is 294 g/mol. The molecule has 1 aromatic heterocycles. The average Bonchev–Trinajstić information content (AvgIpc) is 3.16. The summed E-state index contributed by atoms with van der Waals surface area (Å²) in [5.41, 5.74) is 0.827. The van der Waals surface area contributed by atoms with Crippen molar-refractivity contribution < 1.29 is 9.90 Å². The van der Waals surface area contributed by atoms with Gasteiger partial charge in [-0.05, 0) is 31.6 Å². The summed E-state index contributed by atoms with van der Waals surface area (Å²) in [5.74, 6) is 0.337. The van der Waals surface area contributed by atoms with Crippen LogP contribution < -0.4 is 4.90 Å². The van der Waals surface area contributed by atoms with Crippen molar-refractivity contribution in [1.29, 1.82) is 0 Å². The fraction of sp³-hybridized carbons (Fsp3) is 0.733. The summed E-state index contributed by atoms with van der Waals surface area (Å²) in [6.45, 7) is 2.31. The van der Waals surface area contributed by atoms with Crippen LogP contribution in [-0.2, 0) is 0 Å². The number of hydrogen-bond acceptors (Lipinski definition) is 4. The molecule has 1 N–H and O–H groups in total. The average molecular weight is 294 g/mol. The molecule has 2 unspecified atom stereocenters. The van der Waals surface area contributed by atoms with Crippen LogP contribution in [0.15, 0.2) is 0 Å². The van der Waals surface area contributed by atoms with Crippen molar-refractivity contribution in [2.45, 2.75) is 57.4 Å². The second-order valence-corrected chi connectivity index (χ2v) is 7.30. The van der Waals surface area contributed by atoms with Crippen LogP contribution in [0.3, 0.4) is 0 Å². The number of aromatic nitrogens is 1. The van der Waals surface area contributed by atoms with Crippen LogP contribution in [0.1, 0.15) is 66.7 Å². The predicted octanol–water partition coefficient (Wildman–Crippen LogP) is 3.73. The van der Waals surface area contributed by atoms with Crippen molar-refractivity contribution in [2.75, 3.05) is 11.9 Å². The molecule has 4 nitrogen and oxygen atoms in total. The maximum absolute atomic E-state index is 11.4. The first-order chi connectivity index (χ1) is 9.56. The molecule has 0 saturated heterocycles. The number of aromatic carboxylic acids is 1. The third kappa shape index (κ3) is 2.68. The quantitative estimate of drug-likeness (QED) is 0.919. The van der Waals surface area contributed by atoms with E-state index < -0.39 is 5.97 Å². The Kier molecular flexibility index (Phi) is 3.71. The summed E-state index contributed by atoms with van der Waals surface area (Å²) in [4.78, 5) is 18.7. The van der Waals surface area contributed by atoms with Crippen LogP contribution in [0, 0.1) is 5.92 Å². The van der Waals surface area contributed by atoms with Crippen LogP contribution >= 0.6 is 11.3 Å². The minimum absolute atomic E-state index is 0.393. The summed E-state index contributed by atoms with van der Waals surface area (Å²) < 4.78 is 0. The van der Waals surface area contributed by atoms with Gasteiger partial charge in [-0.1, -0.05) is 31.1 Å². The Bertz CT molecular complexity index is 510. The maximum Gasteiger partial charge on any atom is 0.347 e. The molecule has 1 aromatic rings. The largest absolute Gasteiger partial charge is 0.477 e. The molecule has 5 heteroatoms. The number of carbonyl (C=O) groups is 1. The molecule has 2 fully saturated rings. The van der Waals surface area contributed by atoms with E-state index in [4.69, 9.17) is 0 Å². The zero-order valence-electron chi connectivity index (χ0n) is 12.1. The van der Waals surface area contributed by atoms with Gasteiger partial charge in [-0.15, -0.1) is 0 Å². The van der Waals surface area contributed by atoms with Crippen LogP contribution in [-0.4, -0.2) is 29.1 Å². The van der Waals surface area contributed by atoms with Gasteiger partial charge < -0.3 is 10.0 Å². The zero-order chi connectivity index (χ0) is 14.3. The summed E-state index contributed by atoms with van der Waals surface area (Å²) in [7, 11) is 2.07. The Hall–Kier alpha value is -1.10. The summed E-state index contributed by atoms with van der Waals surface area (Å²) in [6.07, 6.45) is 7.15. The molecule has 0 radical (unpaired) electrons. The maximum atomic E-state index is 11.4. The fourth-order valence-corrected chi connectivity index (χ4v) is 4.19. The molecule has 1 heterocycles.